The highest BCUT2D eigenvalue weighted by Gasteiger charge is 2.47. The fourth-order valence-corrected chi connectivity index (χ4v) is 5.29. The third-order valence-electron chi connectivity index (χ3n) is 6.88. The number of hydrogen-bond acceptors (Lipinski definition) is 4. The van der Waals surface area contributed by atoms with Crippen molar-refractivity contribution in [3.63, 3.8) is 0 Å². The summed E-state index contributed by atoms with van der Waals surface area (Å²) in [6.45, 7) is 7.38. The SMILES string of the molecule is CC(=O)N1c2ccc(N3CCOCC3)cc2C(Nc2ccccc2)[C@H](C)C1C1CC1. The van der Waals surface area contributed by atoms with Crippen molar-refractivity contribution in [3.8, 4) is 0 Å². The lowest BCUT2D eigenvalue weighted by atomic mass is 9.79. The number of nitrogens with one attached hydrogen (secondary N) is 1. The Kier molecular flexibility index (Phi) is 5.15. The summed E-state index contributed by atoms with van der Waals surface area (Å²) in [5, 5.41) is 3.81. The van der Waals surface area contributed by atoms with Crippen molar-refractivity contribution in [3.05, 3.63) is 54.1 Å². The van der Waals surface area contributed by atoms with Crippen molar-refractivity contribution in [1.29, 1.82) is 0 Å². The van der Waals surface area contributed by atoms with Crippen LogP contribution in [0.25, 0.3) is 0 Å². The van der Waals surface area contributed by atoms with Crippen LogP contribution < -0.4 is 15.1 Å². The van der Waals surface area contributed by atoms with E-state index in [2.05, 4.69) is 64.5 Å². The standard InChI is InChI=1S/C25H31N3O2/c1-17-24(26-20-6-4-3-5-7-20)22-16-21(27-12-14-30-15-13-27)10-11-23(22)28(18(2)29)25(17)19-8-9-19/h3-7,10-11,16-17,19,24-26H,8-9,12-15H2,1-2H3/t17-,24?,25?/m0/s1. The molecule has 2 fully saturated rings. The van der Waals surface area contributed by atoms with Gasteiger partial charge in [-0.1, -0.05) is 25.1 Å². The molecule has 0 spiro atoms. The molecule has 1 amide bonds. The van der Waals surface area contributed by atoms with E-state index in [4.69, 9.17) is 4.74 Å². The van der Waals surface area contributed by atoms with E-state index in [1.807, 2.05) is 6.07 Å². The number of nitrogens with zero attached hydrogens (tertiary/aromatic N) is 2. The monoisotopic (exact) mass is 405 g/mol. The molecule has 30 heavy (non-hydrogen) atoms. The lowest BCUT2D eigenvalue weighted by Crippen LogP contribution is -2.51. The number of ether oxygens (including phenoxy) is 1. The molecule has 158 valence electrons. The van der Waals surface area contributed by atoms with Crippen LogP contribution in [0.5, 0.6) is 0 Å². The summed E-state index contributed by atoms with van der Waals surface area (Å²) in [6, 6.07) is 17.5. The van der Waals surface area contributed by atoms with Gasteiger partial charge in [0.15, 0.2) is 0 Å². The van der Waals surface area contributed by atoms with E-state index in [1.54, 1.807) is 6.92 Å². The number of hydrogen-bond donors (Lipinski definition) is 1. The van der Waals surface area contributed by atoms with Gasteiger partial charge in [-0.25, -0.2) is 0 Å². The highest BCUT2D eigenvalue weighted by molar-refractivity contribution is 5.94. The Morgan fingerprint density at radius 3 is 2.47 bits per heavy atom. The van der Waals surface area contributed by atoms with Gasteiger partial charge in [-0.2, -0.15) is 0 Å². The fraction of sp³-hybridized carbons (Fsp3) is 0.480. The highest BCUT2D eigenvalue weighted by Crippen LogP contribution is 2.50. The van der Waals surface area contributed by atoms with Gasteiger partial charge in [0, 0.05) is 54.6 Å². The number of morpholine rings is 1. The molecular weight excluding hydrogens is 374 g/mol. The molecule has 3 aliphatic rings. The summed E-state index contributed by atoms with van der Waals surface area (Å²) in [4.78, 5) is 17.3. The summed E-state index contributed by atoms with van der Waals surface area (Å²) < 4.78 is 5.54. The number of anilines is 3. The predicted octanol–water partition coefficient (Wildman–Crippen LogP) is 4.46. The molecule has 0 aromatic heterocycles. The summed E-state index contributed by atoms with van der Waals surface area (Å²) >= 11 is 0. The van der Waals surface area contributed by atoms with E-state index in [0.29, 0.717) is 11.8 Å². The van der Waals surface area contributed by atoms with Crippen LogP contribution in [0.4, 0.5) is 17.1 Å². The molecule has 5 nitrogen and oxygen atoms in total. The van der Waals surface area contributed by atoms with Gasteiger partial charge in [0.2, 0.25) is 5.91 Å². The van der Waals surface area contributed by atoms with E-state index in [1.165, 1.54) is 24.1 Å². The van der Waals surface area contributed by atoms with Gasteiger partial charge in [-0.05, 0) is 49.1 Å². The van der Waals surface area contributed by atoms with Gasteiger partial charge in [0.1, 0.15) is 0 Å². The molecular formula is C25H31N3O2. The second kappa shape index (κ2) is 7.95. The van der Waals surface area contributed by atoms with Crippen molar-refractivity contribution < 1.29 is 9.53 Å². The van der Waals surface area contributed by atoms with Crippen molar-refractivity contribution in [2.45, 2.75) is 38.8 Å². The summed E-state index contributed by atoms with van der Waals surface area (Å²) in [5.41, 5.74) is 4.64. The van der Waals surface area contributed by atoms with E-state index in [9.17, 15) is 4.79 Å². The molecule has 2 aliphatic heterocycles. The molecule has 1 saturated carbocycles. The maximum Gasteiger partial charge on any atom is 0.224 e. The first-order chi connectivity index (χ1) is 14.6. The van der Waals surface area contributed by atoms with Gasteiger partial charge in [0.05, 0.1) is 19.3 Å². The first-order valence-electron chi connectivity index (χ1n) is 11.2. The molecule has 0 bridgehead atoms. The topological polar surface area (TPSA) is 44.8 Å². The van der Waals surface area contributed by atoms with Crippen molar-refractivity contribution in [1.82, 2.24) is 0 Å². The number of para-hydroxylation sites is 1. The number of carbonyl (C=O) groups is 1. The van der Waals surface area contributed by atoms with Crippen LogP contribution in [0.2, 0.25) is 0 Å². The number of amides is 1. The Labute approximate surface area is 179 Å². The Bertz CT molecular complexity index is 906. The van der Waals surface area contributed by atoms with Crippen LogP contribution in [-0.2, 0) is 9.53 Å². The Balaban J connectivity index is 1.58. The molecule has 2 aromatic carbocycles. The average Bonchev–Trinajstić information content (AvgIpc) is 3.61. The Morgan fingerprint density at radius 1 is 1.07 bits per heavy atom. The lowest BCUT2D eigenvalue weighted by Gasteiger charge is -2.46. The second-order valence-electron chi connectivity index (χ2n) is 8.91. The van der Waals surface area contributed by atoms with Crippen LogP contribution in [0.1, 0.15) is 38.3 Å². The number of benzene rings is 2. The number of rotatable bonds is 4. The zero-order valence-electron chi connectivity index (χ0n) is 17.9. The molecule has 2 unspecified atom stereocenters. The summed E-state index contributed by atoms with van der Waals surface area (Å²) in [5.74, 6) is 1.09. The first-order valence-corrected chi connectivity index (χ1v) is 11.2. The van der Waals surface area contributed by atoms with Crippen LogP contribution in [-0.4, -0.2) is 38.3 Å². The quantitative estimate of drug-likeness (QED) is 0.816. The van der Waals surface area contributed by atoms with Crippen molar-refractivity contribution in [2.75, 3.05) is 41.4 Å². The summed E-state index contributed by atoms with van der Waals surface area (Å²) in [7, 11) is 0. The van der Waals surface area contributed by atoms with Gasteiger partial charge >= 0.3 is 0 Å². The van der Waals surface area contributed by atoms with Crippen LogP contribution in [0, 0.1) is 11.8 Å². The third kappa shape index (κ3) is 3.56. The molecule has 5 heteroatoms. The van der Waals surface area contributed by atoms with Crippen LogP contribution >= 0.6 is 0 Å². The van der Waals surface area contributed by atoms with Gasteiger partial charge in [-0.15, -0.1) is 0 Å². The van der Waals surface area contributed by atoms with E-state index < -0.39 is 0 Å². The normalized spacial score (nSPS) is 26.3. The molecule has 5 rings (SSSR count). The number of fused-ring (bicyclic) bond motifs is 1. The first kappa shape index (κ1) is 19.4. The molecule has 2 heterocycles. The highest BCUT2D eigenvalue weighted by atomic mass is 16.5. The predicted molar refractivity (Wildman–Crippen MR) is 121 cm³/mol. The minimum absolute atomic E-state index is 0.150. The Hall–Kier alpha value is -2.53. The minimum Gasteiger partial charge on any atom is -0.378 e. The van der Waals surface area contributed by atoms with Crippen LogP contribution in [0.15, 0.2) is 48.5 Å². The molecule has 3 atom stereocenters. The maximum atomic E-state index is 12.8. The van der Waals surface area contributed by atoms with Gasteiger partial charge < -0.3 is 19.9 Å². The van der Waals surface area contributed by atoms with Gasteiger partial charge in [-0.3, -0.25) is 4.79 Å². The molecule has 1 N–H and O–H groups in total. The van der Waals surface area contributed by atoms with E-state index in [0.717, 1.165) is 37.7 Å². The lowest BCUT2D eigenvalue weighted by molar-refractivity contribution is -0.117. The minimum atomic E-state index is 0.150. The average molecular weight is 406 g/mol. The van der Waals surface area contributed by atoms with Crippen molar-refractivity contribution in [2.24, 2.45) is 11.8 Å². The van der Waals surface area contributed by atoms with Gasteiger partial charge in [0.25, 0.3) is 0 Å². The molecule has 2 aromatic rings. The zero-order chi connectivity index (χ0) is 20.7. The smallest absolute Gasteiger partial charge is 0.224 e. The third-order valence-corrected chi connectivity index (χ3v) is 6.88. The number of carbonyl (C=O) groups excluding carboxylic acids is 1. The summed E-state index contributed by atoms with van der Waals surface area (Å²) in [6.07, 6.45) is 2.44. The van der Waals surface area contributed by atoms with E-state index >= 15 is 0 Å². The molecule has 0 radical (unpaired) electrons. The Morgan fingerprint density at radius 2 is 1.80 bits per heavy atom. The zero-order valence-corrected chi connectivity index (χ0v) is 17.9. The largest absolute Gasteiger partial charge is 0.378 e. The molecule has 1 aliphatic carbocycles. The van der Waals surface area contributed by atoms with Crippen LogP contribution in [0.3, 0.4) is 0 Å². The fourth-order valence-electron chi connectivity index (χ4n) is 5.29. The second-order valence-corrected chi connectivity index (χ2v) is 8.91. The molecule has 1 saturated heterocycles. The van der Waals surface area contributed by atoms with E-state index in [-0.39, 0.29) is 18.0 Å². The maximum absolute atomic E-state index is 12.8. The van der Waals surface area contributed by atoms with Crippen molar-refractivity contribution >= 4 is 23.0 Å².